The predicted octanol–water partition coefficient (Wildman–Crippen LogP) is 2.77. The predicted molar refractivity (Wildman–Crippen MR) is 125 cm³/mol. The summed E-state index contributed by atoms with van der Waals surface area (Å²) in [5.41, 5.74) is 1.09. The van der Waals surface area contributed by atoms with Crippen LogP contribution < -0.4 is 15.2 Å². The molecule has 1 aliphatic heterocycles. The Bertz CT molecular complexity index is 1110. The van der Waals surface area contributed by atoms with E-state index in [0.29, 0.717) is 49.4 Å². The number of fused-ring (bicyclic) bond motifs is 1. The molecule has 3 aromatic rings. The lowest BCUT2D eigenvalue weighted by molar-refractivity contribution is -0.133. The molecule has 2 heterocycles. The number of nitrogens with zero attached hydrogens (tertiary/aromatic N) is 3. The van der Waals surface area contributed by atoms with Crippen LogP contribution in [0.15, 0.2) is 65.6 Å². The van der Waals surface area contributed by atoms with Crippen LogP contribution >= 0.6 is 0 Å². The number of carbonyl (C=O) groups is 1. The van der Waals surface area contributed by atoms with Gasteiger partial charge in [0.25, 0.3) is 11.5 Å². The lowest BCUT2D eigenvalue weighted by atomic mass is 10.1. The normalized spacial score (nSPS) is 14.0. The van der Waals surface area contributed by atoms with Crippen LogP contribution in [-0.2, 0) is 16.1 Å². The van der Waals surface area contributed by atoms with Crippen molar-refractivity contribution in [3.63, 3.8) is 0 Å². The van der Waals surface area contributed by atoms with E-state index in [0.717, 1.165) is 13.1 Å². The number of hydrogen-bond donors (Lipinski definition) is 0. The number of benzene rings is 2. The maximum Gasteiger partial charge on any atom is 0.260 e. The fraction of sp³-hybridized carbons (Fsp3) is 0.360. The zero-order valence-electron chi connectivity index (χ0n) is 18.4. The molecular formula is C25H29N3O4. The Balaban J connectivity index is 1.37. The molecule has 0 spiro atoms. The van der Waals surface area contributed by atoms with E-state index in [1.54, 1.807) is 29.0 Å². The smallest absolute Gasteiger partial charge is 0.260 e. The van der Waals surface area contributed by atoms with Crippen LogP contribution in [0.1, 0.15) is 6.92 Å². The Morgan fingerprint density at radius 2 is 1.72 bits per heavy atom. The number of anilines is 1. The lowest BCUT2D eigenvalue weighted by Gasteiger charge is -2.36. The lowest BCUT2D eigenvalue weighted by Crippen LogP contribution is -2.50. The van der Waals surface area contributed by atoms with Crippen molar-refractivity contribution in [2.24, 2.45) is 0 Å². The number of carbonyl (C=O) groups excluding carboxylic acids is 1. The Morgan fingerprint density at radius 1 is 0.938 bits per heavy atom. The van der Waals surface area contributed by atoms with Crippen molar-refractivity contribution in [2.75, 3.05) is 50.9 Å². The highest BCUT2D eigenvalue weighted by Crippen LogP contribution is 2.23. The third-order valence-electron chi connectivity index (χ3n) is 5.76. The van der Waals surface area contributed by atoms with Crippen molar-refractivity contribution < 1.29 is 14.3 Å². The molecule has 0 aliphatic carbocycles. The average molecular weight is 436 g/mol. The Hall–Kier alpha value is -3.32. The number of ether oxygens (including phenoxy) is 2. The van der Waals surface area contributed by atoms with E-state index in [1.165, 1.54) is 5.69 Å². The van der Waals surface area contributed by atoms with Crippen molar-refractivity contribution in [1.29, 1.82) is 0 Å². The number of piperazine rings is 1. The van der Waals surface area contributed by atoms with Gasteiger partial charge in [0.05, 0.1) is 12.0 Å². The fourth-order valence-electron chi connectivity index (χ4n) is 3.98. The molecule has 0 bridgehead atoms. The Kier molecular flexibility index (Phi) is 7.07. The monoisotopic (exact) mass is 435 g/mol. The molecule has 1 fully saturated rings. The van der Waals surface area contributed by atoms with Gasteiger partial charge in [-0.25, -0.2) is 0 Å². The van der Waals surface area contributed by atoms with Gasteiger partial charge in [0.2, 0.25) is 0 Å². The first-order valence-electron chi connectivity index (χ1n) is 11.1. The van der Waals surface area contributed by atoms with Gasteiger partial charge in [0.1, 0.15) is 5.75 Å². The number of aromatic nitrogens is 1. The first-order valence-corrected chi connectivity index (χ1v) is 11.1. The van der Waals surface area contributed by atoms with E-state index in [-0.39, 0.29) is 18.1 Å². The molecule has 1 saturated heterocycles. The topological polar surface area (TPSA) is 64.0 Å². The highest BCUT2D eigenvalue weighted by atomic mass is 16.5. The fourth-order valence-corrected chi connectivity index (χ4v) is 3.98. The highest BCUT2D eigenvalue weighted by Gasteiger charge is 2.21. The van der Waals surface area contributed by atoms with Gasteiger partial charge < -0.3 is 23.8 Å². The molecular weight excluding hydrogens is 406 g/mol. The van der Waals surface area contributed by atoms with E-state index in [2.05, 4.69) is 17.0 Å². The van der Waals surface area contributed by atoms with Crippen molar-refractivity contribution in [3.05, 3.63) is 71.1 Å². The van der Waals surface area contributed by atoms with Crippen LogP contribution in [-0.4, -0.2) is 61.4 Å². The molecule has 0 radical (unpaired) electrons. The molecule has 0 N–H and O–H groups in total. The van der Waals surface area contributed by atoms with Gasteiger partial charge in [-0.15, -0.1) is 0 Å². The second-order valence-electron chi connectivity index (χ2n) is 7.72. The molecule has 168 valence electrons. The molecule has 1 aliphatic rings. The van der Waals surface area contributed by atoms with Crippen LogP contribution in [0.4, 0.5) is 5.69 Å². The van der Waals surface area contributed by atoms with Gasteiger partial charge in [-0.05, 0) is 37.3 Å². The maximum absolute atomic E-state index is 12.8. The van der Waals surface area contributed by atoms with Crippen LogP contribution in [0, 0.1) is 0 Å². The quantitative estimate of drug-likeness (QED) is 0.509. The van der Waals surface area contributed by atoms with E-state index in [4.69, 9.17) is 9.47 Å². The third-order valence-corrected chi connectivity index (χ3v) is 5.76. The zero-order chi connectivity index (χ0) is 22.3. The number of para-hydroxylation sites is 1. The van der Waals surface area contributed by atoms with Crippen LogP contribution in [0.25, 0.3) is 10.8 Å². The van der Waals surface area contributed by atoms with Crippen molar-refractivity contribution in [1.82, 2.24) is 9.47 Å². The summed E-state index contributed by atoms with van der Waals surface area (Å²) < 4.78 is 12.9. The van der Waals surface area contributed by atoms with E-state index in [1.807, 2.05) is 36.1 Å². The molecule has 0 unspecified atom stereocenters. The van der Waals surface area contributed by atoms with E-state index < -0.39 is 0 Å². The molecule has 7 nitrogen and oxygen atoms in total. The van der Waals surface area contributed by atoms with Gasteiger partial charge in [-0.1, -0.05) is 24.3 Å². The largest absolute Gasteiger partial charge is 0.483 e. The summed E-state index contributed by atoms with van der Waals surface area (Å²) in [6.45, 7) is 6.42. The molecule has 4 rings (SSSR count). The molecule has 0 saturated carbocycles. The molecule has 1 amide bonds. The molecule has 2 aromatic carbocycles. The van der Waals surface area contributed by atoms with Gasteiger partial charge in [0.15, 0.2) is 6.61 Å². The van der Waals surface area contributed by atoms with E-state index in [9.17, 15) is 9.59 Å². The van der Waals surface area contributed by atoms with Gasteiger partial charge in [-0.2, -0.15) is 0 Å². The second kappa shape index (κ2) is 10.3. The van der Waals surface area contributed by atoms with Crippen molar-refractivity contribution >= 4 is 22.4 Å². The van der Waals surface area contributed by atoms with Crippen LogP contribution in [0.2, 0.25) is 0 Å². The SMILES string of the molecule is CCOCCn1ccc2c(OCC(=O)N3CCN(c4ccccc4)CC3)cccc2c1=O. The van der Waals surface area contributed by atoms with Crippen molar-refractivity contribution in [2.45, 2.75) is 13.5 Å². The summed E-state index contributed by atoms with van der Waals surface area (Å²) in [7, 11) is 0. The third kappa shape index (κ3) is 4.94. The highest BCUT2D eigenvalue weighted by molar-refractivity contribution is 5.88. The minimum atomic E-state index is -0.0870. The van der Waals surface area contributed by atoms with Gasteiger partial charge in [0, 0.05) is 56.6 Å². The summed E-state index contributed by atoms with van der Waals surface area (Å²) >= 11 is 0. The maximum atomic E-state index is 12.8. The zero-order valence-corrected chi connectivity index (χ0v) is 18.4. The molecule has 0 atom stereocenters. The first-order chi connectivity index (χ1) is 15.7. The Labute approximate surface area is 187 Å². The number of hydrogen-bond acceptors (Lipinski definition) is 5. The van der Waals surface area contributed by atoms with Crippen LogP contribution in [0.3, 0.4) is 0 Å². The Morgan fingerprint density at radius 3 is 2.47 bits per heavy atom. The summed E-state index contributed by atoms with van der Waals surface area (Å²) in [5, 5.41) is 1.29. The number of rotatable bonds is 8. The van der Waals surface area contributed by atoms with Crippen molar-refractivity contribution in [3.8, 4) is 5.75 Å². The summed E-state index contributed by atoms with van der Waals surface area (Å²) in [5.74, 6) is 0.507. The van der Waals surface area contributed by atoms with Gasteiger partial charge in [-0.3, -0.25) is 9.59 Å². The number of amides is 1. The second-order valence-corrected chi connectivity index (χ2v) is 7.72. The summed E-state index contributed by atoms with van der Waals surface area (Å²) in [6.07, 6.45) is 1.75. The van der Waals surface area contributed by atoms with E-state index >= 15 is 0 Å². The molecule has 32 heavy (non-hydrogen) atoms. The summed E-state index contributed by atoms with van der Waals surface area (Å²) in [4.78, 5) is 29.6. The van der Waals surface area contributed by atoms with Crippen LogP contribution in [0.5, 0.6) is 5.75 Å². The minimum Gasteiger partial charge on any atom is -0.483 e. The first kappa shape index (κ1) is 21.9. The van der Waals surface area contributed by atoms with Gasteiger partial charge >= 0.3 is 0 Å². The minimum absolute atomic E-state index is 0.0419. The number of pyridine rings is 1. The summed E-state index contributed by atoms with van der Waals surface area (Å²) in [6, 6.07) is 17.5. The average Bonchev–Trinajstić information content (AvgIpc) is 2.85. The molecule has 7 heteroatoms. The molecule has 1 aromatic heterocycles. The standard InChI is InChI=1S/C25H29N3O4/c1-2-31-18-17-28-12-11-21-22(25(28)30)9-6-10-23(21)32-19-24(29)27-15-13-26(14-16-27)20-7-4-3-5-8-20/h3-12H,2,13-19H2,1H3.